The Bertz CT molecular complexity index is 243. The van der Waals surface area contributed by atoms with Gasteiger partial charge in [-0.25, -0.2) is 4.79 Å². The number of carboxylic acids is 3. The van der Waals surface area contributed by atoms with E-state index in [0.29, 0.717) is 0 Å². The van der Waals surface area contributed by atoms with Gasteiger partial charge in [0, 0.05) is 0 Å². The summed E-state index contributed by atoms with van der Waals surface area (Å²) in [6.07, 6.45) is -2.29. The molecule has 0 saturated heterocycles. The van der Waals surface area contributed by atoms with Gasteiger partial charge < -0.3 is 21.9 Å². The van der Waals surface area contributed by atoms with Gasteiger partial charge in [0.25, 0.3) is 0 Å². The van der Waals surface area contributed by atoms with Crippen LogP contribution in [0.4, 0.5) is 0 Å². The van der Waals surface area contributed by atoms with E-state index >= 15 is 0 Å². The van der Waals surface area contributed by atoms with Gasteiger partial charge >= 0.3 is 65.1 Å². The Hall–Kier alpha value is -0.0871. The van der Waals surface area contributed by atoms with Crippen molar-refractivity contribution >= 4 is 35.5 Å². The van der Waals surface area contributed by atoms with Gasteiger partial charge in [0.1, 0.15) is 0 Å². The van der Waals surface area contributed by atoms with Crippen molar-refractivity contribution in [2.75, 3.05) is 0 Å². The predicted octanol–water partition coefficient (Wildman–Crippen LogP) is -5.58. The molecule has 0 spiro atoms. The Morgan fingerprint density at radius 3 is 1.40 bits per heavy atom. The van der Waals surface area contributed by atoms with Crippen LogP contribution in [0.15, 0.2) is 0 Å². The van der Waals surface area contributed by atoms with Crippen LogP contribution in [0.1, 0.15) is 14.3 Å². The van der Waals surface area contributed by atoms with Gasteiger partial charge in [0.2, 0.25) is 0 Å². The van der Waals surface area contributed by atoms with Crippen molar-refractivity contribution in [2.45, 2.75) is 18.4 Å². The summed E-state index contributed by atoms with van der Waals surface area (Å²) in [5.74, 6) is -5.02. The van der Waals surface area contributed by atoms with Crippen molar-refractivity contribution in [1.82, 2.24) is 0 Å². The van der Waals surface area contributed by atoms with Crippen molar-refractivity contribution in [3.8, 4) is 0 Å². The van der Waals surface area contributed by atoms with Crippen LogP contribution in [-0.2, 0) is 14.4 Å². The first-order chi connectivity index (χ1) is 5.78. The first kappa shape index (κ1) is 20.3. The Balaban J connectivity index is -0.000000240. The normalized spacial score (nSPS) is 9.40. The summed E-state index contributed by atoms with van der Waals surface area (Å²) in [5, 5.41) is 33.8. The molecule has 0 rings (SSSR count). The van der Waals surface area contributed by atoms with Crippen LogP contribution in [0, 0.1) is 0 Å². The molecular formula is C6H13GeNaO7. The van der Waals surface area contributed by atoms with E-state index in [-0.39, 0.29) is 48.6 Å². The zero-order chi connectivity index (χ0) is 10.6. The molecule has 0 fully saturated rings. The molecule has 0 aromatic carbocycles. The van der Waals surface area contributed by atoms with Crippen LogP contribution in [0.25, 0.3) is 0 Å². The molecule has 0 atom stereocenters. The van der Waals surface area contributed by atoms with E-state index in [0.717, 1.165) is 0 Å². The second-order valence-electron chi connectivity index (χ2n) is 2.48. The van der Waals surface area contributed by atoms with E-state index in [4.69, 9.17) is 20.4 Å². The smallest absolute Gasteiger partial charge is 1.00 e. The first-order valence-corrected chi connectivity index (χ1v) is 3.17. The third-order valence-corrected chi connectivity index (χ3v) is 1.29. The number of aliphatic hydroxyl groups is 1. The standard InChI is InChI=1S/C6H8O7.GeH4.Na.H/c7-3(8)1-6(13,5(11)12)2-4(9)10;;;/h13H,1-2H2,(H,7,8)(H,9,10)(H,11,12);1H4;;/q;;+1;-1. The van der Waals surface area contributed by atoms with Crippen molar-refractivity contribution in [3.63, 3.8) is 0 Å². The summed E-state index contributed by atoms with van der Waals surface area (Å²) in [7, 11) is 0. The van der Waals surface area contributed by atoms with Crippen LogP contribution in [-0.4, -0.2) is 61.5 Å². The number of aliphatic carboxylic acids is 3. The molecule has 0 bridgehead atoms. The Morgan fingerprint density at radius 2 is 1.27 bits per heavy atom. The third-order valence-electron chi connectivity index (χ3n) is 1.29. The topological polar surface area (TPSA) is 132 Å². The number of rotatable bonds is 5. The minimum absolute atomic E-state index is 0. The summed E-state index contributed by atoms with van der Waals surface area (Å²) in [6, 6.07) is 0. The van der Waals surface area contributed by atoms with E-state index in [2.05, 4.69) is 0 Å². The quantitative estimate of drug-likeness (QED) is 0.371. The summed E-state index contributed by atoms with van der Waals surface area (Å²) >= 11 is 0. The van der Waals surface area contributed by atoms with Gasteiger partial charge in [0.15, 0.2) is 5.60 Å². The molecule has 7 nitrogen and oxygen atoms in total. The van der Waals surface area contributed by atoms with Crippen LogP contribution in [0.3, 0.4) is 0 Å². The molecule has 0 heterocycles. The minimum Gasteiger partial charge on any atom is -1.00 e. The van der Waals surface area contributed by atoms with Gasteiger partial charge in [-0.2, -0.15) is 0 Å². The largest absolute Gasteiger partial charge is 1.00 e. The second kappa shape index (κ2) is 8.11. The number of carboxylic acid groups (broad SMARTS) is 3. The molecule has 0 aliphatic rings. The number of hydrogen-bond donors (Lipinski definition) is 4. The summed E-state index contributed by atoms with van der Waals surface area (Å²) in [6.45, 7) is 0. The average molecular weight is 293 g/mol. The van der Waals surface area contributed by atoms with Crippen LogP contribution in [0.2, 0.25) is 0 Å². The maximum Gasteiger partial charge on any atom is 1.00 e. The van der Waals surface area contributed by atoms with E-state index in [1.807, 2.05) is 0 Å². The first-order valence-electron chi connectivity index (χ1n) is 3.17. The maximum atomic E-state index is 10.3. The molecule has 0 aliphatic carbocycles. The SMILES string of the molecule is O=C(O)CC(O)(CC(=O)O)C(=O)O.[GeH4].[H-].[Na+]. The molecule has 9 heteroatoms. The fourth-order valence-electron chi connectivity index (χ4n) is 0.714. The number of hydrogen-bond acceptors (Lipinski definition) is 4. The molecule has 0 aromatic heterocycles. The van der Waals surface area contributed by atoms with Crippen molar-refractivity contribution in [3.05, 3.63) is 0 Å². The molecular weight excluding hydrogens is 280 g/mol. The molecule has 84 valence electrons. The van der Waals surface area contributed by atoms with Crippen LogP contribution >= 0.6 is 0 Å². The zero-order valence-corrected chi connectivity index (χ0v) is 9.43. The van der Waals surface area contributed by atoms with Crippen molar-refractivity contribution in [1.29, 1.82) is 0 Å². The van der Waals surface area contributed by atoms with Gasteiger partial charge in [0.05, 0.1) is 12.8 Å². The van der Waals surface area contributed by atoms with Crippen molar-refractivity contribution in [2.24, 2.45) is 0 Å². The van der Waals surface area contributed by atoms with E-state index in [1.54, 1.807) is 0 Å². The van der Waals surface area contributed by atoms with E-state index in [9.17, 15) is 14.4 Å². The molecule has 0 aromatic rings. The summed E-state index contributed by atoms with van der Waals surface area (Å²) < 4.78 is 0. The second-order valence-corrected chi connectivity index (χ2v) is 2.48. The molecule has 0 saturated carbocycles. The maximum absolute atomic E-state index is 10.3. The molecule has 15 heavy (non-hydrogen) atoms. The average Bonchev–Trinajstić information content (AvgIpc) is 1.82. The van der Waals surface area contributed by atoms with E-state index < -0.39 is 36.4 Å². The van der Waals surface area contributed by atoms with Crippen molar-refractivity contribution < 1.29 is 65.8 Å². The Morgan fingerprint density at radius 1 is 1.00 bits per heavy atom. The van der Waals surface area contributed by atoms with Gasteiger partial charge in [-0.05, 0) is 0 Å². The zero-order valence-electron chi connectivity index (χ0n) is 8.43. The summed E-state index contributed by atoms with van der Waals surface area (Å²) in [5.41, 5.74) is -2.74. The summed E-state index contributed by atoms with van der Waals surface area (Å²) in [4.78, 5) is 30.5. The van der Waals surface area contributed by atoms with Gasteiger partial charge in [-0.1, -0.05) is 0 Å². The molecule has 0 amide bonds. The predicted molar refractivity (Wildman–Crippen MR) is 49.5 cm³/mol. The van der Waals surface area contributed by atoms with Crippen LogP contribution < -0.4 is 29.6 Å². The fraction of sp³-hybridized carbons (Fsp3) is 0.500. The number of carbonyl (C=O) groups is 3. The van der Waals surface area contributed by atoms with Crippen LogP contribution in [0.5, 0.6) is 0 Å². The Kier molecular flexibility index (Phi) is 11.0. The monoisotopic (exact) mass is 294 g/mol. The molecule has 4 N–H and O–H groups in total. The molecule has 0 aliphatic heterocycles. The molecule has 0 unspecified atom stereocenters. The fourth-order valence-corrected chi connectivity index (χ4v) is 0.714. The van der Waals surface area contributed by atoms with E-state index in [1.165, 1.54) is 0 Å². The molecule has 0 radical (unpaired) electrons. The third kappa shape index (κ3) is 7.80. The minimum atomic E-state index is -2.74. The van der Waals surface area contributed by atoms with Gasteiger partial charge in [-0.3, -0.25) is 9.59 Å². The Labute approximate surface area is 119 Å². The van der Waals surface area contributed by atoms with Gasteiger partial charge in [-0.15, -0.1) is 0 Å².